The number of aromatic hydroxyl groups is 1. The number of fused-ring (bicyclic) bond motifs is 1. The second-order valence-electron chi connectivity index (χ2n) is 5.44. The Bertz CT molecular complexity index is 678. The van der Waals surface area contributed by atoms with Crippen molar-refractivity contribution in [2.75, 3.05) is 0 Å². The third-order valence-electron chi connectivity index (χ3n) is 3.93. The monoisotopic (exact) mass is 308 g/mol. The van der Waals surface area contributed by atoms with Gasteiger partial charge in [0, 0.05) is 11.5 Å². The molecule has 1 unspecified atom stereocenters. The number of rotatable bonds is 2. The van der Waals surface area contributed by atoms with E-state index in [0.717, 1.165) is 5.39 Å². The number of pyridine rings is 1. The molecule has 1 aliphatic heterocycles. The molecule has 5 atom stereocenters. The van der Waals surface area contributed by atoms with Crippen LogP contribution in [0.3, 0.4) is 0 Å². The lowest BCUT2D eigenvalue weighted by atomic mass is 9.98. The van der Waals surface area contributed by atoms with Crippen LogP contribution in [0, 0.1) is 0 Å². The first-order valence-electron chi connectivity index (χ1n) is 6.96. The molecule has 22 heavy (non-hydrogen) atoms. The minimum Gasteiger partial charge on any atom is -0.508 e. The Morgan fingerprint density at radius 3 is 2.55 bits per heavy atom. The normalized spacial score (nSPS) is 32.3. The van der Waals surface area contributed by atoms with Gasteiger partial charge in [-0.1, -0.05) is 0 Å². The fourth-order valence-corrected chi connectivity index (χ4v) is 2.69. The zero-order valence-corrected chi connectivity index (χ0v) is 11.6. The van der Waals surface area contributed by atoms with Gasteiger partial charge in [-0.2, -0.15) is 4.57 Å². The SMILES string of the molecule is Oc1ccc2ccc[n+](C[C@H]3OC(O)[C@H](O)[C@@H](O)[C@H]3O)c2c1. The van der Waals surface area contributed by atoms with E-state index in [9.17, 15) is 25.5 Å². The van der Waals surface area contributed by atoms with Gasteiger partial charge in [0.2, 0.25) is 5.52 Å². The van der Waals surface area contributed by atoms with Gasteiger partial charge in [0.15, 0.2) is 19.0 Å². The van der Waals surface area contributed by atoms with Crippen molar-refractivity contribution in [3.63, 3.8) is 0 Å². The van der Waals surface area contributed by atoms with E-state index in [4.69, 9.17) is 4.74 Å². The number of phenolic OH excluding ortho intramolecular Hbond substituents is 1. The highest BCUT2D eigenvalue weighted by Gasteiger charge is 2.44. The van der Waals surface area contributed by atoms with E-state index in [2.05, 4.69) is 0 Å². The van der Waals surface area contributed by atoms with Crippen LogP contribution in [0.25, 0.3) is 10.9 Å². The highest BCUT2D eigenvalue weighted by molar-refractivity contribution is 5.76. The van der Waals surface area contributed by atoms with E-state index >= 15 is 0 Å². The van der Waals surface area contributed by atoms with Crippen molar-refractivity contribution in [2.45, 2.75) is 37.3 Å². The molecule has 3 rings (SSSR count). The van der Waals surface area contributed by atoms with Crippen molar-refractivity contribution in [3.8, 4) is 5.75 Å². The summed E-state index contributed by atoms with van der Waals surface area (Å²) in [4.78, 5) is 0. The van der Waals surface area contributed by atoms with Gasteiger partial charge in [0.25, 0.3) is 0 Å². The maximum absolute atomic E-state index is 10.0. The summed E-state index contributed by atoms with van der Waals surface area (Å²) in [6.45, 7) is 0.142. The molecule has 2 heterocycles. The van der Waals surface area contributed by atoms with Gasteiger partial charge in [0.1, 0.15) is 30.2 Å². The molecule has 0 amide bonds. The second-order valence-corrected chi connectivity index (χ2v) is 5.44. The lowest BCUT2D eigenvalue weighted by Gasteiger charge is -2.36. The molecule has 0 spiro atoms. The Morgan fingerprint density at radius 1 is 1.00 bits per heavy atom. The maximum Gasteiger partial charge on any atom is 0.216 e. The number of aromatic nitrogens is 1. The van der Waals surface area contributed by atoms with Gasteiger partial charge in [-0.25, -0.2) is 0 Å². The third-order valence-corrected chi connectivity index (χ3v) is 3.93. The molecule has 1 aromatic heterocycles. The molecule has 7 heteroatoms. The summed E-state index contributed by atoms with van der Waals surface area (Å²) in [5.41, 5.74) is 0.716. The topological polar surface area (TPSA) is 114 Å². The zero-order chi connectivity index (χ0) is 15.9. The summed E-state index contributed by atoms with van der Waals surface area (Å²) in [5.74, 6) is 0.105. The van der Waals surface area contributed by atoms with E-state index in [0.29, 0.717) is 5.52 Å². The molecule has 1 aromatic carbocycles. The van der Waals surface area contributed by atoms with Crippen LogP contribution in [-0.4, -0.2) is 56.2 Å². The first-order valence-corrected chi connectivity index (χ1v) is 6.96. The van der Waals surface area contributed by atoms with Crippen molar-refractivity contribution >= 4 is 10.9 Å². The Labute approximate surface area is 126 Å². The molecule has 7 nitrogen and oxygen atoms in total. The number of hydrogen-bond donors (Lipinski definition) is 5. The van der Waals surface area contributed by atoms with Crippen LogP contribution in [0.1, 0.15) is 0 Å². The zero-order valence-electron chi connectivity index (χ0n) is 11.6. The number of aliphatic hydroxyl groups excluding tert-OH is 4. The van der Waals surface area contributed by atoms with Crippen LogP contribution >= 0.6 is 0 Å². The lowest BCUT2D eigenvalue weighted by Crippen LogP contribution is -2.60. The molecule has 0 bridgehead atoms. The van der Waals surface area contributed by atoms with Crippen LogP contribution in [0.2, 0.25) is 0 Å². The summed E-state index contributed by atoms with van der Waals surface area (Å²) in [6.07, 6.45) is -5.09. The number of phenols is 1. The van der Waals surface area contributed by atoms with E-state index in [1.165, 1.54) is 0 Å². The van der Waals surface area contributed by atoms with Gasteiger partial charge in [-0.05, 0) is 18.2 Å². The molecule has 1 saturated heterocycles. The predicted octanol–water partition coefficient (Wildman–Crippen LogP) is -1.37. The summed E-state index contributed by atoms with van der Waals surface area (Å²) >= 11 is 0. The third kappa shape index (κ3) is 2.65. The highest BCUT2D eigenvalue weighted by Crippen LogP contribution is 2.21. The molecule has 2 aromatic rings. The Kier molecular flexibility index (Phi) is 3.98. The standard InChI is InChI=1S/C15H17NO6/c17-9-4-3-8-2-1-5-16(10(8)6-9)7-11-12(18)13(19)14(20)15(21)22-11/h1-6,11-15,18-21H,7H2/p+1/t11-,12+,13+,14-,15?/m1/s1. The van der Waals surface area contributed by atoms with Crippen LogP contribution in [0.15, 0.2) is 36.5 Å². The largest absolute Gasteiger partial charge is 0.508 e. The second kappa shape index (κ2) is 5.79. The molecule has 1 aliphatic rings. The van der Waals surface area contributed by atoms with Crippen molar-refractivity contribution in [2.24, 2.45) is 0 Å². The molecule has 0 saturated carbocycles. The van der Waals surface area contributed by atoms with E-state index in [1.807, 2.05) is 6.07 Å². The van der Waals surface area contributed by atoms with E-state index < -0.39 is 30.7 Å². The quantitative estimate of drug-likeness (QED) is 0.438. The van der Waals surface area contributed by atoms with Gasteiger partial charge in [-0.15, -0.1) is 0 Å². The minimum absolute atomic E-state index is 0.105. The fraction of sp³-hybridized carbons (Fsp3) is 0.400. The van der Waals surface area contributed by atoms with Crippen molar-refractivity contribution in [1.29, 1.82) is 0 Å². The molecule has 1 fully saturated rings. The van der Waals surface area contributed by atoms with Gasteiger partial charge in [0.05, 0.1) is 6.07 Å². The molecule has 118 valence electrons. The Balaban J connectivity index is 1.91. The van der Waals surface area contributed by atoms with Gasteiger partial charge in [-0.3, -0.25) is 0 Å². The van der Waals surface area contributed by atoms with Gasteiger partial charge >= 0.3 is 0 Å². The maximum atomic E-state index is 10.0. The van der Waals surface area contributed by atoms with Crippen LogP contribution in [0.4, 0.5) is 0 Å². The number of ether oxygens (including phenoxy) is 1. The summed E-state index contributed by atoms with van der Waals surface area (Å²) in [5, 5.41) is 49.3. The molecular weight excluding hydrogens is 290 g/mol. The first kappa shape index (κ1) is 15.1. The summed E-state index contributed by atoms with van der Waals surface area (Å²) in [7, 11) is 0. The van der Waals surface area contributed by atoms with E-state index in [1.54, 1.807) is 35.0 Å². The smallest absolute Gasteiger partial charge is 0.216 e. The Hall–Kier alpha value is -1.77. The molecule has 0 aliphatic carbocycles. The predicted molar refractivity (Wildman–Crippen MR) is 74.7 cm³/mol. The fourth-order valence-electron chi connectivity index (χ4n) is 2.69. The molecule has 0 radical (unpaired) electrons. The highest BCUT2D eigenvalue weighted by atomic mass is 16.6. The molecule has 5 N–H and O–H groups in total. The first-order chi connectivity index (χ1) is 10.5. The number of aliphatic hydroxyl groups is 4. The van der Waals surface area contributed by atoms with Crippen LogP contribution in [-0.2, 0) is 11.3 Å². The number of benzene rings is 1. The van der Waals surface area contributed by atoms with Crippen LogP contribution in [0.5, 0.6) is 5.75 Å². The van der Waals surface area contributed by atoms with Crippen molar-refractivity contribution in [1.82, 2.24) is 0 Å². The van der Waals surface area contributed by atoms with E-state index in [-0.39, 0.29) is 12.3 Å². The minimum atomic E-state index is -1.56. The summed E-state index contributed by atoms with van der Waals surface area (Å²) in [6, 6.07) is 8.58. The van der Waals surface area contributed by atoms with Crippen molar-refractivity contribution in [3.05, 3.63) is 36.5 Å². The Morgan fingerprint density at radius 2 is 1.77 bits per heavy atom. The average Bonchev–Trinajstić information content (AvgIpc) is 2.51. The molecular formula is C15H18NO6+. The van der Waals surface area contributed by atoms with Gasteiger partial charge < -0.3 is 30.3 Å². The van der Waals surface area contributed by atoms with Crippen LogP contribution < -0.4 is 4.57 Å². The summed E-state index contributed by atoms with van der Waals surface area (Å²) < 4.78 is 6.91. The van der Waals surface area contributed by atoms with Crippen molar-refractivity contribution < 1.29 is 34.8 Å². The average molecular weight is 308 g/mol. The lowest BCUT2D eigenvalue weighted by molar-refractivity contribution is -0.682. The number of nitrogens with zero attached hydrogens (tertiary/aromatic N) is 1. The number of hydrogen-bond acceptors (Lipinski definition) is 6.